The Balaban J connectivity index is 2.15. The standard InChI is InChI=1S/C9H9N7O3/c1-17-7-10-4-12-8(18-2)14-6-15-9(19-3)13-5(11-7)16(4)6/h1-3H3. The minimum Gasteiger partial charge on any atom is -0.467 e. The Morgan fingerprint density at radius 1 is 0.579 bits per heavy atom. The molecule has 0 aliphatic carbocycles. The first kappa shape index (κ1) is 11.3. The van der Waals surface area contributed by atoms with Gasteiger partial charge in [-0.2, -0.15) is 30.0 Å². The molecule has 0 saturated carbocycles. The maximum absolute atomic E-state index is 4.99. The highest BCUT2D eigenvalue weighted by Crippen LogP contribution is 2.17. The second kappa shape index (κ2) is 4.15. The first-order chi connectivity index (χ1) is 9.25. The van der Waals surface area contributed by atoms with Crippen molar-refractivity contribution in [2.75, 3.05) is 21.3 Å². The summed E-state index contributed by atoms with van der Waals surface area (Å²) >= 11 is 0. The van der Waals surface area contributed by atoms with Gasteiger partial charge in [-0.15, -0.1) is 0 Å². The Kier molecular flexibility index (Phi) is 2.47. The predicted octanol–water partition coefficient (Wildman–Crippen LogP) is -0.596. The topological polar surface area (TPSA) is 105 Å². The van der Waals surface area contributed by atoms with Gasteiger partial charge in [-0.1, -0.05) is 0 Å². The van der Waals surface area contributed by atoms with Crippen molar-refractivity contribution in [1.82, 2.24) is 4.90 Å². The minimum atomic E-state index is 0.128. The molecule has 3 heterocycles. The van der Waals surface area contributed by atoms with Crippen molar-refractivity contribution in [3.63, 3.8) is 0 Å². The molecule has 10 nitrogen and oxygen atoms in total. The monoisotopic (exact) mass is 263 g/mol. The molecule has 0 saturated heterocycles. The molecule has 0 unspecified atom stereocenters. The van der Waals surface area contributed by atoms with E-state index in [-0.39, 0.29) is 35.9 Å². The van der Waals surface area contributed by atoms with E-state index in [9.17, 15) is 0 Å². The smallest absolute Gasteiger partial charge is 0.322 e. The van der Waals surface area contributed by atoms with E-state index in [2.05, 4.69) is 30.0 Å². The number of methoxy groups -OCH3 is 3. The zero-order valence-electron chi connectivity index (χ0n) is 10.4. The summed E-state index contributed by atoms with van der Waals surface area (Å²) in [6.45, 7) is 0. The van der Waals surface area contributed by atoms with Gasteiger partial charge in [0.15, 0.2) is 0 Å². The van der Waals surface area contributed by atoms with Gasteiger partial charge in [0.1, 0.15) is 0 Å². The van der Waals surface area contributed by atoms with Crippen molar-refractivity contribution in [2.45, 2.75) is 0 Å². The SMILES string of the molecule is COC1=NC2=NC(OC)=NC3=NC(OC)=NC(=N1)N23. The molecular formula is C9H9N7O3. The fraction of sp³-hybridized carbons (Fsp3) is 0.333. The molecule has 0 spiro atoms. The van der Waals surface area contributed by atoms with Crippen LogP contribution in [0, 0.1) is 0 Å². The number of amidine groups is 3. The summed E-state index contributed by atoms with van der Waals surface area (Å²) in [6.07, 6.45) is 0. The molecule has 3 aliphatic rings. The first-order valence-electron chi connectivity index (χ1n) is 5.19. The van der Waals surface area contributed by atoms with E-state index in [1.807, 2.05) is 0 Å². The van der Waals surface area contributed by atoms with Crippen LogP contribution in [0.3, 0.4) is 0 Å². The van der Waals surface area contributed by atoms with Crippen LogP contribution in [0.4, 0.5) is 0 Å². The molecule has 0 radical (unpaired) electrons. The van der Waals surface area contributed by atoms with Crippen molar-refractivity contribution < 1.29 is 14.2 Å². The molecule has 0 bridgehead atoms. The van der Waals surface area contributed by atoms with E-state index in [1.165, 1.54) is 26.2 Å². The highest BCUT2D eigenvalue weighted by atomic mass is 16.5. The number of aliphatic imine (C=N–C) groups is 6. The first-order valence-corrected chi connectivity index (χ1v) is 5.19. The molecule has 0 aromatic carbocycles. The quantitative estimate of drug-likeness (QED) is 0.582. The van der Waals surface area contributed by atoms with Crippen LogP contribution in [0.1, 0.15) is 0 Å². The number of guanidine groups is 3. The molecule has 0 fully saturated rings. The zero-order chi connectivity index (χ0) is 13.4. The van der Waals surface area contributed by atoms with Crippen LogP contribution in [-0.4, -0.2) is 62.2 Å². The van der Waals surface area contributed by atoms with E-state index in [0.717, 1.165) is 0 Å². The Morgan fingerprint density at radius 2 is 0.895 bits per heavy atom. The van der Waals surface area contributed by atoms with Crippen LogP contribution in [0.15, 0.2) is 30.0 Å². The maximum atomic E-state index is 4.99. The Bertz CT molecular complexity index is 528. The third-order valence-electron chi connectivity index (χ3n) is 2.32. The molecule has 0 N–H and O–H groups in total. The summed E-state index contributed by atoms with van der Waals surface area (Å²) in [5.41, 5.74) is 0. The van der Waals surface area contributed by atoms with Gasteiger partial charge in [-0.05, 0) is 0 Å². The van der Waals surface area contributed by atoms with Crippen LogP contribution < -0.4 is 0 Å². The summed E-state index contributed by atoms with van der Waals surface area (Å²) in [5.74, 6) is 0.809. The average molecular weight is 263 g/mol. The molecule has 0 atom stereocenters. The van der Waals surface area contributed by atoms with Crippen LogP contribution in [0.25, 0.3) is 0 Å². The molecular weight excluding hydrogens is 254 g/mol. The molecule has 3 aliphatic heterocycles. The number of hydrogen-bond acceptors (Lipinski definition) is 10. The van der Waals surface area contributed by atoms with Crippen molar-refractivity contribution in [1.29, 1.82) is 0 Å². The molecule has 0 amide bonds. The van der Waals surface area contributed by atoms with Gasteiger partial charge in [-0.3, -0.25) is 0 Å². The van der Waals surface area contributed by atoms with Crippen LogP contribution in [-0.2, 0) is 14.2 Å². The predicted molar refractivity (Wildman–Crippen MR) is 67.5 cm³/mol. The fourth-order valence-electron chi connectivity index (χ4n) is 1.51. The molecule has 3 rings (SSSR count). The van der Waals surface area contributed by atoms with E-state index >= 15 is 0 Å². The number of hydrogen-bond donors (Lipinski definition) is 0. The molecule has 10 heteroatoms. The summed E-state index contributed by atoms with van der Waals surface area (Å²) in [4.78, 5) is 26.0. The number of nitrogens with zero attached hydrogens (tertiary/aromatic N) is 7. The maximum Gasteiger partial charge on any atom is 0.322 e. The lowest BCUT2D eigenvalue weighted by Crippen LogP contribution is -2.48. The van der Waals surface area contributed by atoms with Gasteiger partial charge in [-0.25, -0.2) is 4.90 Å². The second-order valence-corrected chi connectivity index (χ2v) is 3.37. The van der Waals surface area contributed by atoms with Crippen molar-refractivity contribution in [3.05, 3.63) is 0 Å². The lowest BCUT2D eigenvalue weighted by atomic mass is 10.5. The summed E-state index contributed by atoms with van der Waals surface area (Å²) in [6, 6.07) is 0.383. The van der Waals surface area contributed by atoms with Gasteiger partial charge in [0.2, 0.25) is 17.9 Å². The molecule has 98 valence electrons. The summed E-state index contributed by atoms with van der Waals surface area (Å²) in [5, 5.41) is 0. The highest BCUT2D eigenvalue weighted by molar-refractivity contribution is 6.28. The largest absolute Gasteiger partial charge is 0.467 e. The summed E-state index contributed by atoms with van der Waals surface area (Å²) < 4.78 is 15.0. The van der Waals surface area contributed by atoms with Gasteiger partial charge in [0.25, 0.3) is 0 Å². The van der Waals surface area contributed by atoms with Gasteiger partial charge in [0, 0.05) is 0 Å². The lowest BCUT2D eigenvalue weighted by molar-refractivity contribution is 0.387. The van der Waals surface area contributed by atoms with Crippen LogP contribution >= 0.6 is 0 Å². The lowest BCUT2D eigenvalue weighted by Gasteiger charge is -2.28. The molecule has 0 aromatic rings. The third-order valence-corrected chi connectivity index (χ3v) is 2.32. The Morgan fingerprint density at radius 3 is 1.16 bits per heavy atom. The second-order valence-electron chi connectivity index (χ2n) is 3.37. The zero-order valence-corrected chi connectivity index (χ0v) is 10.4. The Labute approximate surface area is 107 Å². The molecule has 19 heavy (non-hydrogen) atoms. The minimum absolute atomic E-state index is 0.128. The normalized spacial score (nSPS) is 20.1. The van der Waals surface area contributed by atoms with E-state index in [4.69, 9.17) is 14.2 Å². The average Bonchev–Trinajstić information content (AvgIpc) is 2.46. The highest BCUT2D eigenvalue weighted by Gasteiger charge is 2.35. The van der Waals surface area contributed by atoms with Gasteiger partial charge in [0.05, 0.1) is 21.3 Å². The van der Waals surface area contributed by atoms with Gasteiger partial charge >= 0.3 is 18.1 Å². The van der Waals surface area contributed by atoms with Crippen LogP contribution in [0.5, 0.6) is 0 Å². The summed E-state index contributed by atoms with van der Waals surface area (Å²) in [7, 11) is 4.35. The number of rotatable bonds is 0. The fourth-order valence-corrected chi connectivity index (χ4v) is 1.51. The van der Waals surface area contributed by atoms with Gasteiger partial charge < -0.3 is 14.2 Å². The third kappa shape index (κ3) is 1.73. The van der Waals surface area contributed by atoms with Crippen molar-refractivity contribution >= 4 is 35.9 Å². The number of ether oxygens (including phenoxy) is 3. The Hall–Kier alpha value is -2.78. The van der Waals surface area contributed by atoms with Crippen LogP contribution in [0.2, 0.25) is 0 Å². The van der Waals surface area contributed by atoms with E-state index in [1.54, 1.807) is 0 Å². The molecule has 0 aromatic heterocycles. The van der Waals surface area contributed by atoms with E-state index < -0.39 is 0 Å². The van der Waals surface area contributed by atoms with Crippen molar-refractivity contribution in [2.24, 2.45) is 30.0 Å². The van der Waals surface area contributed by atoms with E-state index in [0.29, 0.717) is 0 Å². The van der Waals surface area contributed by atoms with Crippen molar-refractivity contribution in [3.8, 4) is 0 Å².